The summed E-state index contributed by atoms with van der Waals surface area (Å²) in [5.41, 5.74) is 6.26. The average molecular weight is 302 g/mol. The zero-order valence-electron chi connectivity index (χ0n) is 12.9. The smallest absolute Gasteiger partial charge is 0.330 e. The van der Waals surface area contributed by atoms with Gasteiger partial charge in [0, 0.05) is 6.54 Å². The van der Waals surface area contributed by atoms with E-state index >= 15 is 0 Å². The fraction of sp³-hybridized carbons (Fsp3) is 0.375. The van der Waals surface area contributed by atoms with Crippen LogP contribution in [-0.4, -0.2) is 16.1 Å². The summed E-state index contributed by atoms with van der Waals surface area (Å²) in [4.78, 5) is 26.2. The number of nitrogens with zero attached hydrogens (tertiary/aromatic N) is 1. The van der Waals surface area contributed by atoms with E-state index in [1.807, 2.05) is 30.3 Å². The number of hydrogen-bond donors (Lipinski definition) is 3. The first-order valence-corrected chi connectivity index (χ1v) is 7.39. The minimum atomic E-state index is -0.499. The molecule has 0 bridgehead atoms. The van der Waals surface area contributed by atoms with Crippen molar-refractivity contribution < 1.29 is 0 Å². The van der Waals surface area contributed by atoms with Crippen LogP contribution in [0.4, 0.5) is 11.5 Å². The van der Waals surface area contributed by atoms with Crippen molar-refractivity contribution in [1.82, 2.24) is 9.55 Å². The fourth-order valence-corrected chi connectivity index (χ4v) is 2.17. The largest absolute Gasteiger partial charge is 0.383 e. The van der Waals surface area contributed by atoms with E-state index < -0.39 is 11.2 Å². The molecule has 0 atom stereocenters. The normalized spacial score (nSPS) is 10.9. The van der Waals surface area contributed by atoms with Crippen LogP contribution in [0.2, 0.25) is 0 Å². The molecule has 0 spiro atoms. The Labute approximate surface area is 129 Å². The molecule has 0 aliphatic rings. The van der Waals surface area contributed by atoms with Gasteiger partial charge in [-0.1, -0.05) is 44.2 Å². The molecule has 1 heterocycles. The van der Waals surface area contributed by atoms with Crippen molar-refractivity contribution in [2.45, 2.75) is 26.8 Å². The van der Waals surface area contributed by atoms with Crippen LogP contribution in [0, 0.1) is 5.92 Å². The van der Waals surface area contributed by atoms with Gasteiger partial charge in [0.2, 0.25) is 0 Å². The summed E-state index contributed by atoms with van der Waals surface area (Å²) < 4.78 is 1.37. The van der Waals surface area contributed by atoms with Crippen molar-refractivity contribution in [3.05, 3.63) is 56.7 Å². The van der Waals surface area contributed by atoms with Gasteiger partial charge in [0.25, 0.3) is 5.56 Å². The Morgan fingerprint density at radius 3 is 2.55 bits per heavy atom. The van der Waals surface area contributed by atoms with Crippen LogP contribution in [0.1, 0.15) is 25.8 Å². The van der Waals surface area contributed by atoms with Gasteiger partial charge >= 0.3 is 5.69 Å². The number of anilines is 2. The predicted molar refractivity (Wildman–Crippen MR) is 89.2 cm³/mol. The molecule has 0 aliphatic heterocycles. The summed E-state index contributed by atoms with van der Waals surface area (Å²) in [5, 5.41) is 3.04. The minimum absolute atomic E-state index is 0.168. The first-order valence-electron chi connectivity index (χ1n) is 7.39. The van der Waals surface area contributed by atoms with Gasteiger partial charge in [0.15, 0.2) is 0 Å². The number of aromatic amines is 1. The van der Waals surface area contributed by atoms with Gasteiger partial charge in [-0.3, -0.25) is 14.3 Å². The van der Waals surface area contributed by atoms with Gasteiger partial charge in [-0.25, -0.2) is 4.79 Å². The van der Waals surface area contributed by atoms with Crippen LogP contribution in [0.25, 0.3) is 0 Å². The van der Waals surface area contributed by atoms with E-state index in [1.165, 1.54) is 4.57 Å². The molecular formula is C16H22N4O2. The second kappa shape index (κ2) is 6.98. The van der Waals surface area contributed by atoms with E-state index in [0.29, 0.717) is 19.0 Å². The SMILES string of the molecule is CC(C)CCNc1c(N)n(Cc2ccccc2)c(=O)[nH]c1=O. The Bertz CT molecular complexity index is 732. The molecule has 2 aromatic rings. The topological polar surface area (TPSA) is 92.9 Å². The molecule has 0 unspecified atom stereocenters. The van der Waals surface area contributed by atoms with Crippen molar-refractivity contribution >= 4 is 11.5 Å². The molecule has 2 rings (SSSR count). The number of H-pyrrole nitrogens is 1. The Hall–Kier alpha value is -2.50. The van der Waals surface area contributed by atoms with Crippen molar-refractivity contribution in [3.8, 4) is 0 Å². The molecule has 4 N–H and O–H groups in total. The summed E-state index contributed by atoms with van der Waals surface area (Å²) in [6.45, 7) is 5.16. The second-order valence-corrected chi connectivity index (χ2v) is 5.70. The lowest BCUT2D eigenvalue weighted by Gasteiger charge is -2.14. The van der Waals surface area contributed by atoms with E-state index in [0.717, 1.165) is 12.0 Å². The summed E-state index contributed by atoms with van der Waals surface area (Å²) in [6, 6.07) is 9.50. The van der Waals surface area contributed by atoms with E-state index in [4.69, 9.17) is 5.73 Å². The van der Waals surface area contributed by atoms with Crippen LogP contribution >= 0.6 is 0 Å². The van der Waals surface area contributed by atoms with Crippen molar-refractivity contribution in [3.63, 3.8) is 0 Å². The Kier molecular flexibility index (Phi) is 5.04. The number of benzene rings is 1. The number of hydrogen-bond acceptors (Lipinski definition) is 4. The highest BCUT2D eigenvalue weighted by Gasteiger charge is 2.12. The summed E-state index contributed by atoms with van der Waals surface area (Å²) >= 11 is 0. The fourth-order valence-electron chi connectivity index (χ4n) is 2.17. The lowest BCUT2D eigenvalue weighted by Crippen LogP contribution is -2.34. The maximum Gasteiger partial charge on any atom is 0.330 e. The lowest BCUT2D eigenvalue weighted by atomic mass is 10.1. The third-order valence-corrected chi connectivity index (χ3v) is 3.45. The number of nitrogens with two attached hydrogens (primary N) is 1. The summed E-state index contributed by atoms with van der Waals surface area (Å²) in [7, 11) is 0. The van der Waals surface area contributed by atoms with Crippen molar-refractivity contribution in [2.75, 3.05) is 17.6 Å². The number of aromatic nitrogens is 2. The van der Waals surface area contributed by atoms with Crippen LogP contribution < -0.4 is 22.3 Å². The maximum atomic E-state index is 12.0. The van der Waals surface area contributed by atoms with Crippen molar-refractivity contribution in [2.24, 2.45) is 5.92 Å². The first-order chi connectivity index (χ1) is 10.5. The minimum Gasteiger partial charge on any atom is -0.383 e. The van der Waals surface area contributed by atoms with E-state index in [2.05, 4.69) is 24.1 Å². The molecule has 118 valence electrons. The summed E-state index contributed by atoms with van der Waals surface area (Å²) in [6.07, 6.45) is 0.913. The lowest BCUT2D eigenvalue weighted by molar-refractivity contribution is 0.606. The molecule has 22 heavy (non-hydrogen) atoms. The van der Waals surface area contributed by atoms with Crippen molar-refractivity contribution in [1.29, 1.82) is 0 Å². The van der Waals surface area contributed by atoms with Gasteiger partial charge in [0.1, 0.15) is 11.5 Å². The highest BCUT2D eigenvalue weighted by Crippen LogP contribution is 2.12. The van der Waals surface area contributed by atoms with E-state index in [1.54, 1.807) is 0 Å². The number of rotatable bonds is 6. The molecule has 0 radical (unpaired) electrons. The highest BCUT2D eigenvalue weighted by atomic mass is 16.2. The molecule has 6 heteroatoms. The third-order valence-electron chi connectivity index (χ3n) is 3.45. The Balaban J connectivity index is 2.30. The quantitative estimate of drug-likeness (QED) is 0.756. The van der Waals surface area contributed by atoms with Crippen LogP contribution in [0.3, 0.4) is 0 Å². The second-order valence-electron chi connectivity index (χ2n) is 5.70. The number of nitrogen functional groups attached to an aromatic ring is 1. The van der Waals surface area contributed by atoms with E-state index in [-0.39, 0.29) is 11.5 Å². The molecular weight excluding hydrogens is 280 g/mol. The highest BCUT2D eigenvalue weighted by molar-refractivity contribution is 5.60. The standard InChI is InChI=1S/C16H22N4O2/c1-11(2)8-9-18-13-14(17)20(16(22)19-15(13)21)10-12-6-4-3-5-7-12/h3-7,11,18H,8-10,17H2,1-2H3,(H,19,21,22). The molecule has 0 fully saturated rings. The molecule has 1 aromatic heterocycles. The average Bonchev–Trinajstić information content (AvgIpc) is 2.47. The molecule has 0 saturated carbocycles. The van der Waals surface area contributed by atoms with Gasteiger partial charge in [0.05, 0.1) is 6.54 Å². The monoisotopic (exact) mass is 302 g/mol. The van der Waals surface area contributed by atoms with Gasteiger partial charge in [-0.05, 0) is 17.9 Å². The molecule has 0 saturated heterocycles. The molecule has 0 aliphatic carbocycles. The van der Waals surface area contributed by atoms with Gasteiger partial charge < -0.3 is 11.1 Å². The first kappa shape index (κ1) is 15.9. The van der Waals surface area contributed by atoms with Crippen LogP contribution in [-0.2, 0) is 6.54 Å². The Morgan fingerprint density at radius 2 is 1.91 bits per heavy atom. The zero-order chi connectivity index (χ0) is 16.1. The summed E-state index contributed by atoms with van der Waals surface area (Å²) in [5.74, 6) is 0.685. The molecule has 6 nitrogen and oxygen atoms in total. The van der Waals surface area contributed by atoms with Gasteiger partial charge in [-0.2, -0.15) is 0 Å². The predicted octanol–water partition coefficient (Wildman–Crippen LogP) is 1.63. The zero-order valence-corrected chi connectivity index (χ0v) is 12.9. The van der Waals surface area contributed by atoms with Crippen LogP contribution in [0.5, 0.6) is 0 Å². The third kappa shape index (κ3) is 3.78. The van der Waals surface area contributed by atoms with Crippen LogP contribution in [0.15, 0.2) is 39.9 Å². The number of nitrogens with one attached hydrogen (secondary N) is 2. The van der Waals surface area contributed by atoms with E-state index in [9.17, 15) is 9.59 Å². The molecule has 0 amide bonds. The maximum absolute atomic E-state index is 12.0. The molecule has 1 aromatic carbocycles. The van der Waals surface area contributed by atoms with Gasteiger partial charge in [-0.15, -0.1) is 0 Å². The Morgan fingerprint density at radius 1 is 1.23 bits per heavy atom.